The molecule has 3 atom stereocenters. The number of halogens is 1. The molecular weight excluding hydrogens is 284 g/mol. The van der Waals surface area contributed by atoms with Gasteiger partial charge in [-0.25, -0.2) is 4.79 Å². The van der Waals surface area contributed by atoms with E-state index in [0.717, 1.165) is 11.8 Å². The number of carbonyl (C=O) groups excluding carboxylic acids is 1. The van der Waals surface area contributed by atoms with Crippen molar-refractivity contribution in [3.8, 4) is 0 Å². The maximum absolute atomic E-state index is 11.9. The van der Waals surface area contributed by atoms with Crippen molar-refractivity contribution >= 4 is 21.9 Å². The highest BCUT2D eigenvalue weighted by Gasteiger charge is 2.34. The van der Waals surface area contributed by atoms with Crippen molar-refractivity contribution in [1.29, 1.82) is 0 Å². The zero-order chi connectivity index (χ0) is 12.3. The summed E-state index contributed by atoms with van der Waals surface area (Å²) in [5, 5.41) is 0.775. The van der Waals surface area contributed by atoms with Gasteiger partial charge < -0.3 is 9.47 Å². The maximum atomic E-state index is 11.9. The van der Waals surface area contributed by atoms with Gasteiger partial charge in [-0.1, -0.05) is 34.1 Å². The zero-order valence-electron chi connectivity index (χ0n) is 9.64. The van der Waals surface area contributed by atoms with E-state index in [1.807, 2.05) is 25.1 Å². The topological polar surface area (TPSA) is 35.5 Å². The first-order valence-electron chi connectivity index (χ1n) is 5.68. The molecule has 1 heterocycles. The van der Waals surface area contributed by atoms with Crippen LogP contribution in [0, 0.1) is 0 Å². The van der Waals surface area contributed by atoms with Crippen molar-refractivity contribution in [3.05, 3.63) is 35.9 Å². The monoisotopic (exact) mass is 298 g/mol. The lowest BCUT2D eigenvalue weighted by atomic mass is 10.1. The van der Waals surface area contributed by atoms with Gasteiger partial charge in [-0.3, -0.25) is 0 Å². The molecule has 0 bridgehead atoms. The summed E-state index contributed by atoms with van der Waals surface area (Å²) in [6.07, 6.45) is 0.708. The molecule has 0 N–H and O–H groups in total. The molecule has 3 nitrogen and oxygen atoms in total. The Kier molecular flexibility index (Phi) is 4.18. The third-order valence-electron chi connectivity index (χ3n) is 2.87. The molecule has 1 aliphatic heterocycles. The van der Waals surface area contributed by atoms with Crippen LogP contribution in [0.25, 0.3) is 0 Å². The van der Waals surface area contributed by atoms with Gasteiger partial charge in [0.1, 0.15) is 6.10 Å². The molecule has 0 amide bonds. The first kappa shape index (κ1) is 12.6. The lowest BCUT2D eigenvalue weighted by Gasteiger charge is -2.14. The highest BCUT2D eigenvalue weighted by Crippen LogP contribution is 2.25. The molecule has 0 saturated carbocycles. The summed E-state index contributed by atoms with van der Waals surface area (Å²) in [5.74, 6) is -0.277. The van der Waals surface area contributed by atoms with Crippen LogP contribution in [0.5, 0.6) is 0 Å². The molecule has 4 heteroatoms. The van der Waals surface area contributed by atoms with Gasteiger partial charge in [0.05, 0.1) is 17.8 Å². The standard InChI is InChI=1S/C13H15BrO3/c1-9-12(7-11(8-14)16-9)17-13(15)10-5-3-2-4-6-10/h2-6,9,11-12H,7-8H2,1H3/t9-,11+,12+/m1/s1. The molecule has 0 aliphatic carbocycles. The van der Waals surface area contributed by atoms with Crippen LogP contribution >= 0.6 is 15.9 Å². The first-order valence-corrected chi connectivity index (χ1v) is 6.80. The minimum absolute atomic E-state index is 0.0368. The average Bonchev–Trinajstić information content (AvgIpc) is 2.71. The Morgan fingerprint density at radius 2 is 2.18 bits per heavy atom. The molecule has 1 fully saturated rings. The number of alkyl halides is 1. The summed E-state index contributed by atoms with van der Waals surface area (Å²) in [4.78, 5) is 11.9. The summed E-state index contributed by atoms with van der Waals surface area (Å²) < 4.78 is 11.1. The van der Waals surface area contributed by atoms with E-state index in [2.05, 4.69) is 15.9 Å². The van der Waals surface area contributed by atoms with Gasteiger partial charge in [-0.15, -0.1) is 0 Å². The van der Waals surface area contributed by atoms with Crippen LogP contribution in [-0.4, -0.2) is 29.6 Å². The second-order valence-electron chi connectivity index (χ2n) is 4.16. The molecule has 0 spiro atoms. The lowest BCUT2D eigenvalue weighted by Crippen LogP contribution is -2.24. The predicted molar refractivity (Wildman–Crippen MR) is 68.4 cm³/mol. The van der Waals surface area contributed by atoms with Gasteiger partial charge in [0, 0.05) is 11.8 Å². The number of carbonyl (C=O) groups is 1. The predicted octanol–water partition coefficient (Wildman–Crippen LogP) is 2.78. The quantitative estimate of drug-likeness (QED) is 0.636. The number of esters is 1. The summed E-state index contributed by atoms with van der Waals surface area (Å²) in [6, 6.07) is 9.04. The van der Waals surface area contributed by atoms with Crippen molar-refractivity contribution in [1.82, 2.24) is 0 Å². The van der Waals surface area contributed by atoms with Crippen molar-refractivity contribution in [3.63, 3.8) is 0 Å². The molecule has 1 saturated heterocycles. The van der Waals surface area contributed by atoms with Crippen molar-refractivity contribution in [2.75, 3.05) is 5.33 Å². The van der Waals surface area contributed by atoms with Crippen molar-refractivity contribution in [2.45, 2.75) is 31.7 Å². The fourth-order valence-electron chi connectivity index (χ4n) is 1.92. The van der Waals surface area contributed by atoms with E-state index in [1.54, 1.807) is 12.1 Å². The Morgan fingerprint density at radius 1 is 1.47 bits per heavy atom. The van der Waals surface area contributed by atoms with Gasteiger partial charge in [0.25, 0.3) is 0 Å². The molecule has 1 aromatic rings. The average molecular weight is 299 g/mol. The smallest absolute Gasteiger partial charge is 0.338 e. The Bertz CT molecular complexity index is 380. The van der Waals surface area contributed by atoms with Crippen LogP contribution in [0.15, 0.2) is 30.3 Å². The van der Waals surface area contributed by atoms with Gasteiger partial charge in [-0.05, 0) is 19.1 Å². The van der Waals surface area contributed by atoms with E-state index >= 15 is 0 Å². The van der Waals surface area contributed by atoms with Gasteiger partial charge >= 0.3 is 5.97 Å². The normalized spacial score (nSPS) is 28.0. The number of rotatable bonds is 3. The number of hydrogen-bond donors (Lipinski definition) is 0. The highest BCUT2D eigenvalue weighted by molar-refractivity contribution is 9.09. The van der Waals surface area contributed by atoms with Crippen LogP contribution in [0.4, 0.5) is 0 Å². The minimum atomic E-state index is -0.277. The zero-order valence-corrected chi connectivity index (χ0v) is 11.2. The van der Waals surface area contributed by atoms with E-state index in [1.165, 1.54) is 0 Å². The largest absolute Gasteiger partial charge is 0.456 e. The molecule has 1 aliphatic rings. The summed E-state index contributed by atoms with van der Waals surface area (Å²) in [6.45, 7) is 1.94. The first-order chi connectivity index (χ1) is 8.20. The molecule has 17 heavy (non-hydrogen) atoms. The lowest BCUT2D eigenvalue weighted by molar-refractivity contribution is -0.000699. The SMILES string of the molecule is C[C@H]1O[C@H](CBr)C[C@@H]1OC(=O)c1ccccc1. The molecule has 2 rings (SSSR count). The molecule has 0 radical (unpaired) electrons. The fraction of sp³-hybridized carbons (Fsp3) is 0.462. The van der Waals surface area contributed by atoms with Crippen LogP contribution in [0.1, 0.15) is 23.7 Å². The molecular formula is C13H15BrO3. The number of ether oxygens (including phenoxy) is 2. The third-order valence-corrected chi connectivity index (χ3v) is 3.59. The van der Waals surface area contributed by atoms with E-state index in [9.17, 15) is 4.79 Å². The Labute approximate surface area is 109 Å². The maximum Gasteiger partial charge on any atom is 0.338 e. The molecule has 1 aromatic carbocycles. The summed E-state index contributed by atoms with van der Waals surface area (Å²) in [7, 11) is 0. The van der Waals surface area contributed by atoms with Crippen LogP contribution in [0.2, 0.25) is 0 Å². The van der Waals surface area contributed by atoms with Gasteiger partial charge in [0.15, 0.2) is 0 Å². The second-order valence-corrected chi connectivity index (χ2v) is 4.81. The Balaban J connectivity index is 1.96. The highest BCUT2D eigenvalue weighted by atomic mass is 79.9. The molecule has 92 valence electrons. The van der Waals surface area contributed by atoms with Crippen LogP contribution in [-0.2, 0) is 9.47 Å². The third kappa shape index (κ3) is 3.07. The van der Waals surface area contributed by atoms with E-state index in [4.69, 9.17) is 9.47 Å². The van der Waals surface area contributed by atoms with E-state index < -0.39 is 0 Å². The van der Waals surface area contributed by atoms with Crippen molar-refractivity contribution < 1.29 is 14.3 Å². The summed E-state index contributed by atoms with van der Waals surface area (Å²) in [5.41, 5.74) is 0.585. The number of hydrogen-bond acceptors (Lipinski definition) is 3. The van der Waals surface area contributed by atoms with Gasteiger partial charge in [-0.2, -0.15) is 0 Å². The second kappa shape index (κ2) is 5.65. The Hall–Kier alpha value is -0.870. The molecule has 0 aromatic heterocycles. The van der Waals surface area contributed by atoms with Gasteiger partial charge in [0.2, 0.25) is 0 Å². The fourth-order valence-corrected chi connectivity index (χ4v) is 2.34. The van der Waals surface area contributed by atoms with Crippen LogP contribution < -0.4 is 0 Å². The minimum Gasteiger partial charge on any atom is -0.456 e. The summed E-state index contributed by atoms with van der Waals surface area (Å²) >= 11 is 3.38. The van der Waals surface area contributed by atoms with E-state index in [-0.39, 0.29) is 24.3 Å². The Morgan fingerprint density at radius 3 is 2.76 bits per heavy atom. The van der Waals surface area contributed by atoms with Crippen molar-refractivity contribution in [2.24, 2.45) is 0 Å². The van der Waals surface area contributed by atoms with Crippen LogP contribution in [0.3, 0.4) is 0 Å². The molecule has 0 unspecified atom stereocenters. The number of benzene rings is 1. The van der Waals surface area contributed by atoms with E-state index in [0.29, 0.717) is 5.56 Å².